The molecule has 0 spiro atoms. The number of amides is 1. The van der Waals surface area contributed by atoms with Crippen LogP contribution in [-0.2, 0) is 11.2 Å². The third kappa shape index (κ3) is 2.10. The van der Waals surface area contributed by atoms with E-state index >= 15 is 0 Å². The molecule has 0 saturated carbocycles. The molecule has 1 amide bonds. The Balaban J connectivity index is 2.08. The van der Waals surface area contributed by atoms with Crippen molar-refractivity contribution in [3.8, 4) is 5.75 Å². The topological polar surface area (TPSA) is 51.0 Å². The van der Waals surface area contributed by atoms with Crippen LogP contribution in [0.2, 0.25) is 0 Å². The highest BCUT2D eigenvalue weighted by Crippen LogP contribution is 2.17. The molecule has 0 aromatic heterocycles. The number of benzene rings is 1. The van der Waals surface area contributed by atoms with Crippen LogP contribution in [0.1, 0.15) is 5.56 Å². The number of carbonyl (C=O) groups excluding carboxylic acids is 1. The first kappa shape index (κ1) is 9.58. The van der Waals surface area contributed by atoms with Gasteiger partial charge >= 0.3 is 0 Å². The molecule has 0 radical (unpaired) electrons. The number of azo groups is 1. The molecule has 4 heteroatoms. The maximum absolute atomic E-state index is 11.1. The molecule has 0 aliphatic carbocycles. The number of nitrogens with zero attached hydrogens (tertiary/aromatic N) is 2. The fourth-order valence-corrected chi connectivity index (χ4v) is 1.35. The Kier molecular flexibility index (Phi) is 2.58. The number of carbonyl (C=O) groups is 1. The van der Waals surface area contributed by atoms with Crippen molar-refractivity contribution >= 4 is 5.91 Å². The van der Waals surface area contributed by atoms with Crippen molar-refractivity contribution in [2.75, 3.05) is 7.11 Å². The Hall–Kier alpha value is -1.97. The van der Waals surface area contributed by atoms with E-state index < -0.39 is 0 Å². The summed E-state index contributed by atoms with van der Waals surface area (Å²) in [5, 5.41) is 6.98. The maximum Gasteiger partial charge on any atom is 0.293 e. The molecule has 2 rings (SSSR count). The van der Waals surface area contributed by atoms with E-state index in [0.29, 0.717) is 12.0 Å². The van der Waals surface area contributed by atoms with Gasteiger partial charge in [-0.05, 0) is 17.7 Å². The summed E-state index contributed by atoms with van der Waals surface area (Å²) in [7, 11) is 1.62. The lowest BCUT2D eigenvalue weighted by atomic mass is 10.1. The molecule has 1 aliphatic rings. The van der Waals surface area contributed by atoms with Gasteiger partial charge in [-0.2, -0.15) is 5.11 Å². The molecule has 0 saturated heterocycles. The van der Waals surface area contributed by atoms with Gasteiger partial charge in [0.05, 0.1) is 13.3 Å². The second-order valence-electron chi connectivity index (χ2n) is 3.20. The van der Waals surface area contributed by atoms with E-state index in [9.17, 15) is 4.79 Å². The third-order valence-electron chi connectivity index (χ3n) is 2.19. The zero-order valence-electron chi connectivity index (χ0n) is 8.30. The number of hydrogen-bond donors (Lipinski definition) is 0. The minimum absolute atomic E-state index is 0.245. The first-order chi connectivity index (χ1) is 7.29. The molecule has 1 aliphatic heterocycles. The fourth-order valence-electron chi connectivity index (χ4n) is 1.35. The van der Waals surface area contributed by atoms with Crippen molar-refractivity contribution < 1.29 is 9.53 Å². The fraction of sp³-hybridized carbons (Fsp3) is 0.182. The predicted octanol–water partition coefficient (Wildman–Crippen LogP) is 2.11. The third-order valence-corrected chi connectivity index (χ3v) is 2.19. The van der Waals surface area contributed by atoms with Crippen molar-refractivity contribution in [3.63, 3.8) is 0 Å². The smallest absolute Gasteiger partial charge is 0.293 e. The molecule has 0 bridgehead atoms. The van der Waals surface area contributed by atoms with Crippen LogP contribution < -0.4 is 4.74 Å². The van der Waals surface area contributed by atoms with Crippen LogP contribution in [0.15, 0.2) is 46.3 Å². The summed E-state index contributed by atoms with van der Waals surface area (Å²) >= 11 is 0. The van der Waals surface area contributed by atoms with Crippen LogP contribution in [0.4, 0.5) is 0 Å². The van der Waals surface area contributed by atoms with Crippen LogP contribution >= 0.6 is 0 Å². The van der Waals surface area contributed by atoms with Gasteiger partial charge in [0.15, 0.2) is 0 Å². The lowest BCUT2D eigenvalue weighted by Crippen LogP contribution is -1.98. The van der Waals surface area contributed by atoms with Crippen LogP contribution in [0.25, 0.3) is 0 Å². The summed E-state index contributed by atoms with van der Waals surface area (Å²) in [4.78, 5) is 11.1. The van der Waals surface area contributed by atoms with Gasteiger partial charge in [-0.25, -0.2) is 0 Å². The minimum atomic E-state index is -0.245. The van der Waals surface area contributed by atoms with Gasteiger partial charge in [-0.3, -0.25) is 4.79 Å². The van der Waals surface area contributed by atoms with Crippen molar-refractivity contribution in [2.24, 2.45) is 10.2 Å². The van der Waals surface area contributed by atoms with Crippen LogP contribution in [-0.4, -0.2) is 13.0 Å². The van der Waals surface area contributed by atoms with E-state index in [1.165, 1.54) is 6.20 Å². The first-order valence-electron chi connectivity index (χ1n) is 4.57. The van der Waals surface area contributed by atoms with E-state index in [4.69, 9.17) is 4.74 Å². The maximum atomic E-state index is 11.1. The van der Waals surface area contributed by atoms with Gasteiger partial charge in [0, 0.05) is 12.0 Å². The highest BCUT2D eigenvalue weighted by Gasteiger charge is 2.13. The van der Waals surface area contributed by atoms with E-state index in [2.05, 4.69) is 10.2 Å². The number of ether oxygens (including phenoxy) is 1. The highest BCUT2D eigenvalue weighted by atomic mass is 16.5. The summed E-state index contributed by atoms with van der Waals surface area (Å²) in [5.74, 6) is 0.561. The van der Waals surface area contributed by atoms with E-state index in [1.54, 1.807) is 7.11 Å². The molecule has 1 aromatic rings. The van der Waals surface area contributed by atoms with Gasteiger partial charge < -0.3 is 4.74 Å². The molecule has 1 aromatic carbocycles. The molecule has 76 valence electrons. The minimum Gasteiger partial charge on any atom is -0.497 e. The second-order valence-corrected chi connectivity index (χ2v) is 3.20. The Morgan fingerprint density at radius 3 is 2.53 bits per heavy atom. The van der Waals surface area contributed by atoms with Gasteiger partial charge in [0.1, 0.15) is 5.75 Å². The second kappa shape index (κ2) is 4.04. The van der Waals surface area contributed by atoms with E-state index in [0.717, 1.165) is 11.3 Å². The van der Waals surface area contributed by atoms with Crippen molar-refractivity contribution in [1.29, 1.82) is 0 Å². The summed E-state index contributed by atoms with van der Waals surface area (Å²) < 4.78 is 5.04. The molecular weight excluding hydrogens is 192 g/mol. The Bertz CT molecular complexity index is 432. The number of hydrogen-bond acceptors (Lipinski definition) is 3. The first-order valence-corrected chi connectivity index (χ1v) is 4.57. The highest BCUT2D eigenvalue weighted by molar-refractivity contribution is 5.95. The van der Waals surface area contributed by atoms with Crippen LogP contribution in [0.5, 0.6) is 5.75 Å². The lowest BCUT2D eigenvalue weighted by molar-refractivity contribution is -0.114. The summed E-state index contributed by atoms with van der Waals surface area (Å²) in [6, 6.07) is 7.57. The normalized spacial score (nSPS) is 14.2. The van der Waals surface area contributed by atoms with Gasteiger partial charge in [0.25, 0.3) is 5.91 Å². The van der Waals surface area contributed by atoms with Gasteiger partial charge in [-0.1, -0.05) is 12.1 Å². The van der Waals surface area contributed by atoms with Crippen LogP contribution in [0, 0.1) is 0 Å². The largest absolute Gasteiger partial charge is 0.497 e. The molecular formula is C11H10N2O2. The Morgan fingerprint density at radius 1 is 1.27 bits per heavy atom. The zero-order chi connectivity index (χ0) is 10.7. The molecule has 4 nitrogen and oxygen atoms in total. The van der Waals surface area contributed by atoms with E-state index in [-0.39, 0.29) is 5.91 Å². The van der Waals surface area contributed by atoms with Crippen molar-refractivity contribution in [3.05, 3.63) is 41.6 Å². The molecule has 0 fully saturated rings. The summed E-state index contributed by atoms with van der Waals surface area (Å²) in [5.41, 5.74) is 1.67. The van der Waals surface area contributed by atoms with E-state index in [1.807, 2.05) is 24.3 Å². The van der Waals surface area contributed by atoms with Gasteiger partial charge in [0.2, 0.25) is 0 Å². The molecule has 1 heterocycles. The van der Waals surface area contributed by atoms with Gasteiger partial charge in [-0.15, -0.1) is 5.11 Å². The number of methoxy groups -OCH3 is 1. The molecule has 0 unspecified atom stereocenters. The summed E-state index contributed by atoms with van der Waals surface area (Å²) in [6.45, 7) is 0. The van der Waals surface area contributed by atoms with Crippen LogP contribution in [0.3, 0.4) is 0 Å². The SMILES string of the molecule is COc1ccc(CC2=CN=NC2=O)cc1. The number of rotatable bonds is 3. The monoisotopic (exact) mass is 202 g/mol. The molecule has 0 atom stereocenters. The molecule has 0 N–H and O–H groups in total. The van der Waals surface area contributed by atoms with Crippen molar-refractivity contribution in [2.45, 2.75) is 6.42 Å². The zero-order valence-corrected chi connectivity index (χ0v) is 8.30. The average molecular weight is 202 g/mol. The molecule has 15 heavy (non-hydrogen) atoms. The summed E-state index contributed by atoms with van der Waals surface area (Å²) in [6.07, 6.45) is 2.07. The van der Waals surface area contributed by atoms with Crippen molar-refractivity contribution in [1.82, 2.24) is 0 Å². The Morgan fingerprint density at radius 2 is 2.00 bits per heavy atom. The standard InChI is InChI=1S/C11H10N2O2/c1-15-10-4-2-8(3-5-10)6-9-7-12-13-11(9)14/h2-5,7H,6H2,1H3. The predicted molar refractivity (Wildman–Crippen MR) is 54.6 cm³/mol. The lowest BCUT2D eigenvalue weighted by Gasteiger charge is -2.02. The average Bonchev–Trinajstić information content (AvgIpc) is 2.66. The quantitative estimate of drug-likeness (QED) is 0.753. The Labute approximate surface area is 87.3 Å².